The molecule has 0 unspecified atom stereocenters. The molecule has 1 N–H and O–H groups in total. The number of morpholine rings is 1. The fraction of sp³-hybridized carbons (Fsp3) is 0.200. The molecule has 0 aliphatic carbocycles. The number of carbonyl (C=O) groups is 1. The van der Waals surface area contributed by atoms with Gasteiger partial charge in [0.15, 0.2) is 0 Å². The lowest BCUT2D eigenvalue weighted by atomic mass is 10.2. The molecule has 27 heavy (non-hydrogen) atoms. The number of halogens is 1. The van der Waals surface area contributed by atoms with E-state index in [-0.39, 0.29) is 5.91 Å². The summed E-state index contributed by atoms with van der Waals surface area (Å²) < 4.78 is 7.09. The van der Waals surface area contributed by atoms with Crippen molar-refractivity contribution >= 4 is 28.9 Å². The summed E-state index contributed by atoms with van der Waals surface area (Å²) >= 11 is 6.16. The zero-order chi connectivity index (χ0) is 18.6. The van der Waals surface area contributed by atoms with Crippen LogP contribution in [-0.2, 0) is 4.74 Å². The van der Waals surface area contributed by atoms with Crippen molar-refractivity contribution in [1.82, 2.24) is 9.78 Å². The Morgan fingerprint density at radius 3 is 2.67 bits per heavy atom. The van der Waals surface area contributed by atoms with Gasteiger partial charge in [-0.25, -0.2) is 4.68 Å². The number of nitrogens with zero attached hydrogens (tertiary/aromatic N) is 3. The van der Waals surface area contributed by atoms with Crippen LogP contribution in [0.2, 0.25) is 5.02 Å². The van der Waals surface area contributed by atoms with Crippen LogP contribution in [0.5, 0.6) is 0 Å². The second-order valence-corrected chi connectivity index (χ2v) is 6.66. The predicted octanol–water partition coefficient (Wildman–Crippen LogP) is 3.61. The Bertz CT molecular complexity index is 936. The molecule has 0 bridgehead atoms. The van der Waals surface area contributed by atoms with Crippen LogP contribution in [0.3, 0.4) is 0 Å². The van der Waals surface area contributed by atoms with Gasteiger partial charge in [0.2, 0.25) is 0 Å². The van der Waals surface area contributed by atoms with Gasteiger partial charge in [-0.3, -0.25) is 4.79 Å². The van der Waals surface area contributed by atoms with E-state index in [1.165, 1.54) is 0 Å². The Morgan fingerprint density at radius 2 is 1.89 bits per heavy atom. The average molecular weight is 383 g/mol. The van der Waals surface area contributed by atoms with Gasteiger partial charge in [-0.05, 0) is 30.3 Å². The third-order valence-electron chi connectivity index (χ3n) is 4.42. The minimum Gasteiger partial charge on any atom is -0.378 e. The van der Waals surface area contributed by atoms with Gasteiger partial charge in [0.05, 0.1) is 42.0 Å². The number of hydrogen-bond donors (Lipinski definition) is 1. The molecule has 1 saturated heterocycles. The van der Waals surface area contributed by atoms with Crippen LogP contribution in [0, 0.1) is 0 Å². The minimum atomic E-state index is -0.228. The number of carbonyl (C=O) groups excluding carboxylic acids is 1. The number of rotatable bonds is 4. The Kier molecular flexibility index (Phi) is 5.09. The topological polar surface area (TPSA) is 59.4 Å². The third kappa shape index (κ3) is 3.97. The SMILES string of the molecule is O=C(Nc1cc(Cl)ccc1N1CCOCC1)c1cnn(-c2ccccc2)c1. The monoisotopic (exact) mass is 382 g/mol. The number of benzene rings is 2. The quantitative estimate of drug-likeness (QED) is 0.748. The van der Waals surface area contributed by atoms with Gasteiger partial charge in [0.1, 0.15) is 0 Å². The summed E-state index contributed by atoms with van der Waals surface area (Å²) in [6.07, 6.45) is 3.27. The van der Waals surface area contributed by atoms with Gasteiger partial charge >= 0.3 is 0 Å². The summed E-state index contributed by atoms with van der Waals surface area (Å²) in [7, 11) is 0. The molecule has 138 valence electrons. The Balaban J connectivity index is 1.56. The summed E-state index contributed by atoms with van der Waals surface area (Å²) in [6, 6.07) is 15.2. The summed E-state index contributed by atoms with van der Waals surface area (Å²) in [4.78, 5) is 14.9. The highest BCUT2D eigenvalue weighted by molar-refractivity contribution is 6.31. The molecule has 1 aliphatic heterocycles. The molecule has 7 heteroatoms. The van der Waals surface area contributed by atoms with Gasteiger partial charge in [-0.15, -0.1) is 0 Å². The fourth-order valence-electron chi connectivity index (χ4n) is 3.04. The fourth-order valence-corrected chi connectivity index (χ4v) is 3.22. The van der Waals surface area contributed by atoms with Crippen molar-refractivity contribution in [3.8, 4) is 5.69 Å². The Hall–Kier alpha value is -2.83. The first-order chi connectivity index (χ1) is 13.2. The van der Waals surface area contributed by atoms with Gasteiger partial charge in [0, 0.05) is 24.3 Å². The van der Waals surface area contributed by atoms with Crippen molar-refractivity contribution in [1.29, 1.82) is 0 Å². The zero-order valence-corrected chi connectivity index (χ0v) is 15.4. The lowest BCUT2D eigenvalue weighted by molar-refractivity contribution is 0.102. The van der Waals surface area contributed by atoms with E-state index in [9.17, 15) is 4.79 Å². The molecule has 1 fully saturated rings. The summed E-state index contributed by atoms with van der Waals surface area (Å²) in [5, 5.41) is 7.82. The largest absolute Gasteiger partial charge is 0.378 e. The second-order valence-electron chi connectivity index (χ2n) is 6.22. The molecule has 1 aliphatic rings. The molecule has 0 radical (unpaired) electrons. The van der Waals surface area contributed by atoms with Crippen LogP contribution in [0.1, 0.15) is 10.4 Å². The molecular formula is C20H19ClN4O2. The molecule has 1 amide bonds. The smallest absolute Gasteiger partial charge is 0.258 e. The van der Waals surface area contributed by atoms with Crippen molar-refractivity contribution in [2.45, 2.75) is 0 Å². The van der Waals surface area contributed by atoms with E-state index in [2.05, 4.69) is 15.3 Å². The molecule has 0 spiro atoms. The van der Waals surface area contributed by atoms with Crippen molar-refractivity contribution in [2.24, 2.45) is 0 Å². The van der Waals surface area contributed by atoms with E-state index < -0.39 is 0 Å². The summed E-state index contributed by atoms with van der Waals surface area (Å²) in [5.74, 6) is -0.228. The van der Waals surface area contributed by atoms with Gasteiger partial charge in [0.25, 0.3) is 5.91 Å². The van der Waals surface area contributed by atoms with E-state index in [4.69, 9.17) is 16.3 Å². The normalized spacial score (nSPS) is 14.2. The number of nitrogens with one attached hydrogen (secondary N) is 1. The first-order valence-electron chi connectivity index (χ1n) is 8.74. The van der Waals surface area contributed by atoms with Crippen LogP contribution in [0.15, 0.2) is 60.9 Å². The van der Waals surface area contributed by atoms with Crippen molar-refractivity contribution < 1.29 is 9.53 Å². The minimum absolute atomic E-state index is 0.228. The predicted molar refractivity (Wildman–Crippen MR) is 106 cm³/mol. The van der Waals surface area contributed by atoms with Crippen molar-refractivity contribution in [2.75, 3.05) is 36.5 Å². The number of para-hydroxylation sites is 1. The molecular weight excluding hydrogens is 364 g/mol. The van der Waals surface area contributed by atoms with Gasteiger partial charge in [-0.1, -0.05) is 29.8 Å². The van der Waals surface area contributed by atoms with Crippen molar-refractivity contribution in [3.63, 3.8) is 0 Å². The van der Waals surface area contributed by atoms with Crippen LogP contribution < -0.4 is 10.2 Å². The maximum atomic E-state index is 12.8. The Labute approximate surface area is 162 Å². The molecule has 1 aromatic heterocycles. The van der Waals surface area contributed by atoms with Crippen LogP contribution >= 0.6 is 11.6 Å². The van der Waals surface area contributed by atoms with E-state index in [1.54, 1.807) is 23.1 Å². The highest BCUT2D eigenvalue weighted by Crippen LogP contribution is 2.30. The number of anilines is 2. The molecule has 6 nitrogen and oxygen atoms in total. The van der Waals surface area contributed by atoms with E-state index in [0.29, 0.717) is 29.5 Å². The number of aromatic nitrogens is 2. The van der Waals surface area contributed by atoms with Gasteiger partial charge < -0.3 is 15.0 Å². The second kappa shape index (κ2) is 7.82. The highest BCUT2D eigenvalue weighted by Gasteiger charge is 2.18. The average Bonchev–Trinajstić information content (AvgIpc) is 3.20. The van der Waals surface area contributed by atoms with E-state index in [0.717, 1.165) is 24.5 Å². The van der Waals surface area contributed by atoms with E-state index >= 15 is 0 Å². The number of amides is 1. The maximum Gasteiger partial charge on any atom is 0.258 e. The Morgan fingerprint density at radius 1 is 1.11 bits per heavy atom. The lowest BCUT2D eigenvalue weighted by Crippen LogP contribution is -2.36. The first kappa shape index (κ1) is 17.6. The zero-order valence-electron chi connectivity index (χ0n) is 14.6. The summed E-state index contributed by atoms with van der Waals surface area (Å²) in [5.41, 5.74) is 2.99. The molecule has 0 saturated carbocycles. The number of hydrogen-bond acceptors (Lipinski definition) is 4. The molecule has 2 heterocycles. The standard InChI is InChI=1S/C20H19ClN4O2/c21-16-6-7-19(24-8-10-27-11-9-24)18(12-16)23-20(26)15-13-22-25(14-15)17-4-2-1-3-5-17/h1-7,12-14H,8-11H2,(H,23,26). The third-order valence-corrected chi connectivity index (χ3v) is 4.66. The maximum absolute atomic E-state index is 12.8. The number of ether oxygens (including phenoxy) is 1. The lowest BCUT2D eigenvalue weighted by Gasteiger charge is -2.30. The molecule has 3 aromatic rings. The molecule has 0 atom stereocenters. The molecule has 2 aromatic carbocycles. The van der Waals surface area contributed by atoms with Gasteiger partial charge in [-0.2, -0.15) is 5.10 Å². The van der Waals surface area contributed by atoms with Crippen LogP contribution in [0.25, 0.3) is 5.69 Å². The molecule has 4 rings (SSSR count). The highest BCUT2D eigenvalue weighted by atomic mass is 35.5. The van der Waals surface area contributed by atoms with Crippen molar-refractivity contribution in [3.05, 3.63) is 71.5 Å². The van der Waals surface area contributed by atoms with Crippen LogP contribution in [0.4, 0.5) is 11.4 Å². The first-order valence-corrected chi connectivity index (χ1v) is 9.12. The van der Waals surface area contributed by atoms with E-state index in [1.807, 2.05) is 42.5 Å². The summed E-state index contributed by atoms with van der Waals surface area (Å²) in [6.45, 7) is 2.88. The van der Waals surface area contributed by atoms with Crippen LogP contribution in [-0.4, -0.2) is 42.0 Å².